The van der Waals surface area contributed by atoms with Gasteiger partial charge in [-0.15, -0.1) is 0 Å². The molecule has 60 heavy (non-hydrogen) atoms. The van der Waals surface area contributed by atoms with Crippen LogP contribution in [0.2, 0.25) is 0 Å². The summed E-state index contributed by atoms with van der Waals surface area (Å²) in [5.41, 5.74) is 16.1. The molecule has 0 unspecified atom stereocenters. The highest BCUT2D eigenvalue weighted by Gasteiger charge is 2.18. The van der Waals surface area contributed by atoms with Gasteiger partial charge in [0.15, 0.2) is 0 Å². The van der Waals surface area contributed by atoms with Crippen molar-refractivity contribution in [3.05, 3.63) is 255 Å². The molecule has 0 aliphatic heterocycles. The molecule has 0 aromatic heterocycles. The van der Waals surface area contributed by atoms with Crippen molar-refractivity contribution in [3.8, 4) is 44.5 Å². The predicted molar refractivity (Wildman–Crippen MR) is 255 cm³/mol. The average Bonchev–Trinajstić information content (AvgIpc) is 3.34. The maximum absolute atomic E-state index is 2.38. The Morgan fingerprint density at radius 2 is 0.533 bits per heavy atom. The van der Waals surface area contributed by atoms with Crippen LogP contribution in [-0.2, 0) is 0 Å². The van der Waals surface area contributed by atoms with Gasteiger partial charge in [0.25, 0.3) is 0 Å². The highest BCUT2D eigenvalue weighted by molar-refractivity contribution is 5.99. The molecule has 0 amide bonds. The van der Waals surface area contributed by atoms with Crippen LogP contribution in [0.5, 0.6) is 0 Å². The Morgan fingerprint density at radius 3 is 1.00 bits per heavy atom. The van der Waals surface area contributed by atoms with Gasteiger partial charge in [0.1, 0.15) is 0 Å². The van der Waals surface area contributed by atoms with Crippen LogP contribution in [0.15, 0.2) is 255 Å². The van der Waals surface area contributed by atoms with Gasteiger partial charge in [-0.1, -0.05) is 188 Å². The van der Waals surface area contributed by atoms with E-state index >= 15 is 0 Å². The number of anilines is 6. The first-order valence-corrected chi connectivity index (χ1v) is 20.5. The van der Waals surface area contributed by atoms with E-state index in [2.05, 4.69) is 265 Å². The Morgan fingerprint density at radius 1 is 0.200 bits per heavy atom. The van der Waals surface area contributed by atoms with E-state index in [-0.39, 0.29) is 0 Å². The molecule has 0 saturated carbocycles. The summed E-state index contributed by atoms with van der Waals surface area (Å²) in [4.78, 5) is 4.72. The number of hydrogen-bond acceptors (Lipinski definition) is 2. The first-order chi connectivity index (χ1) is 29.7. The topological polar surface area (TPSA) is 6.48 Å². The number of hydrogen-bond donors (Lipinski definition) is 0. The first kappa shape index (κ1) is 36.4. The summed E-state index contributed by atoms with van der Waals surface area (Å²) in [5, 5.41) is 2.41. The van der Waals surface area contributed by atoms with Gasteiger partial charge in [0.05, 0.1) is 5.69 Å². The molecule has 10 aromatic rings. The monoisotopic (exact) mass is 766 g/mol. The van der Waals surface area contributed by atoms with Crippen molar-refractivity contribution in [3.63, 3.8) is 0 Å². The molecule has 0 radical (unpaired) electrons. The lowest BCUT2D eigenvalue weighted by atomic mass is 10.0. The van der Waals surface area contributed by atoms with Gasteiger partial charge >= 0.3 is 0 Å². The minimum atomic E-state index is 1.09. The molecule has 0 N–H and O–H groups in total. The van der Waals surface area contributed by atoms with Crippen molar-refractivity contribution >= 4 is 44.9 Å². The Hall–Kier alpha value is -7.94. The van der Waals surface area contributed by atoms with E-state index in [0.717, 1.165) is 45.3 Å². The van der Waals surface area contributed by atoms with Gasteiger partial charge in [-0.2, -0.15) is 0 Å². The fourth-order valence-electron chi connectivity index (χ4n) is 8.21. The van der Waals surface area contributed by atoms with Gasteiger partial charge in [0, 0.05) is 33.8 Å². The van der Waals surface area contributed by atoms with Crippen molar-refractivity contribution in [2.75, 3.05) is 9.80 Å². The third-order valence-electron chi connectivity index (χ3n) is 11.3. The van der Waals surface area contributed by atoms with Crippen LogP contribution in [0.1, 0.15) is 0 Å². The fourth-order valence-corrected chi connectivity index (χ4v) is 8.21. The van der Waals surface area contributed by atoms with E-state index in [1.165, 1.54) is 44.2 Å². The van der Waals surface area contributed by atoms with E-state index in [1.54, 1.807) is 0 Å². The molecule has 0 spiro atoms. The van der Waals surface area contributed by atoms with Crippen LogP contribution < -0.4 is 9.80 Å². The summed E-state index contributed by atoms with van der Waals surface area (Å²) in [5.74, 6) is 0. The summed E-state index contributed by atoms with van der Waals surface area (Å²) in [6, 6.07) is 91.4. The largest absolute Gasteiger partial charge is 0.311 e. The molecule has 0 aliphatic rings. The second-order valence-corrected chi connectivity index (χ2v) is 15.0. The van der Waals surface area contributed by atoms with E-state index in [4.69, 9.17) is 0 Å². The van der Waals surface area contributed by atoms with Crippen molar-refractivity contribution in [2.24, 2.45) is 0 Å². The molecule has 2 nitrogen and oxygen atoms in total. The van der Waals surface area contributed by atoms with Crippen LogP contribution >= 0.6 is 0 Å². The predicted octanol–water partition coefficient (Wildman–Crippen LogP) is 16.4. The lowest BCUT2D eigenvalue weighted by Gasteiger charge is -2.28. The van der Waals surface area contributed by atoms with E-state index < -0.39 is 0 Å². The van der Waals surface area contributed by atoms with Gasteiger partial charge in [-0.3, -0.25) is 0 Å². The van der Waals surface area contributed by atoms with Crippen LogP contribution in [0.4, 0.5) is 34.1 Å². The van der Waals surface area contributed by atoms with Gasteiger partial charge in [0.2, 0.25) is 0 Å². The van der Waals surface area contributed by atoms with Crippen molar-refractivity contribution in [1.82, 2.24) is 0 Å². The first-order valence-electron chi connectivity index (χ1n) is 20.5. The third kappa shape index (κ3) is 7.46. The van der Waals surface area contributed by atoms with Crippen molar-refractivity contribution in [2.45, 2.75) is 0 Å². The maximum Gasteiger partial charge on any atom is 0.0540 e. The number of fused-ring (bicyclic) bond motifs is 1. The van der Waals surface area contributed by atoms with Gasteiger partial charge in [-0.05, 0) is 117 Å². The van der Waals surface area contributed by atoms with Crippen LogP contribution in [-0.4, -0.2) is 0 Å². The van der Waals surface area contributed by atoms with E-state index in [0.29, 0.717) is 0 Å². The molecule has 0 atom stereocenters. The molecule has 0 fully saturated rings. The summed E-state index contributed by atoms with van der Waals surface area (Å²) >= 11 is 0. The molecule has 0 aliphatic carbocycles. The lowest BCUT2D eigenvalue weighted by Crippen LogP contribution is -2.10. The van der Waals surface area contributed by atoms with Crippen molar-refractivity contribution in [1.29, 1.82) is 0 Å². The molecule has 0 bridgehead atoms. The third-order valence-corrected chi connectivity index (χ3v) is 11.3. The van der Waals surface area contributed by atoms with Crippen LogP contribution in [0.3, 0.4) is 0 Å². The number of rotatable bonds is 10. The van der Waals surface area contributed by atoms with E-state index in [9.17, 15) is 0 Å². The molecule has 2 heteroatoms. The minimum Gasteiger partial charge on any atom is -0.311 e. The molecule has 10 rings (SSSR count). The van der Waals surface area contributed by atoms with Gasteiger partial charge in [-0.25, -0.2) is 0 Å². The molecular formula is C58H42N2. The second-order valence-electron chi connectivity index (χ2n) is 15.0. The number of nitrogens with zero attached hydrogens (tertiary/aromatic N) is 2. The highest BCUT2D eigenvalue weighted by Crippen LogP contribution is 2.42. The minimum absolute atomic E-state index is 1.09. The Kier molecular flexibility index (Phi) is 10.0. The quantitative estimate of drug-likeness (QED) is 0.137. The average molecular weight is 767 g/mol. The summed E-state index contributed by atoms with van der Waals surface area (Å²) in [6.07, 6.45) is 0. The van der Waals surface area contributed by atoms with E-state index in [1.807, 2.05) is 0 Å². The Bertz CT molecular complexity index is 2890. The zero-order valence-electron chi connectivity index (χ0n) is 33.1. The zero-order valence-corrected chi connectivity index (χ0v) is 33.1. The Labute approximate surface area is 352 Å². The smallest absolute Gasteiger partial charge is 0.0540 e. The molecular weight excluding hydrogens is 725 g/mol. The molecule has 0 saturated heterocycles. The lowest BCUT2D eigenvalue weighted by molar-refractivity contribution is 1.28. The SMILES string of the molecule is c1ccc(-c2ccc(N(c3ccc(-c4ccccc4)cc3)c3ccc(-c4cccc(N(c5ccc(-c6ccccc6)cc5)c5cccc6ccccc56)c4)cc3)cc2)cc1. The normalized spacial score (nSPS) is 11.0. The zero-order chi connectivity index (χ0) is 40.1. The van der Waals surface area contributed by atoms with Gasteiger partial charge < -0.3 is 9.80 Å². The molecule has 10 aromatic carbocycles. The van der Waals surface area contributed by atoms with Crippen molar-refractivity contribution < 1.29 is 0 Å². The highest BCUT2D eigenvalue weighted by atomic mass is 15.1. The number of benzene rings is 10. The summed E-state index contributed by atoms with van der Waals surface area (Å²) in [6.45, 7) is 0. The fraction of sp³-hybridized carbons (Fsp3) is 0. The maximum atomic E-state index is 2.38. The standard InChI is InChI=1S/C58H42N2/c1-4-14-43(15-5-1)46-26-34-52(35-27-46)59(53-36-28-47(29-37-53)44-16-6-2-7-17-44)54-38-32-49(33-39-54)51-22-12-23-56(42-51)60(58-25-13-21-50-20-10-11-24-57(50)58)55-40-30-48(31-41-55)45-18-8-3-9-19-45/h1-42H. The summed E-state index contributed by atoms with van der Waals surface area (Å²) in [7, 11) is 0. The van der Waals surface area contributed by atoms with Crippen LogP contribution in [0.25, 0.3) is 55.3 Å². The molecule has 0 heterocycles. The Balaban J connectivity index is 1.02. The second kappa shape index (κ2) is 16.5. The summed E-state index contributed by atoms with van der Waals surface area (Å²) < 4.78 is 0. The molecule has 284 valence electrons. The van der Waals surface area contributed by atoms with Crippen LogP contribution in [0, 0.1) is 0 Å².